The van der Waals surface area contributed by atoms with Crippen LogP contribution in [0.2, 0.25) is 0 Å². The molecule has 2 aromatic carbocycles. The Hall–Kier alpha value is -3.87. The lowest BCUT2D eigenvalue weighted by Gasteiger charge is -2.36. The summed E-state index contributed by atoms with van der Waals surface area (Å²) in [5, 5.41) is 10.6. The average Bonchev–Trinajstić information content (AvgIpc) is 3.42. The summed E-state index contributed by atoms with van der Waals surface area (Å²) in [5.41, 5.74) is 3.07. The largest absolute Gasteiger partial charge is 0.493 e. The van der Waals surface area contributed by atoms with Crippen molar-refractivity contribution in [1.82, 2.24) is 4.98 Å². The lowest BCUT2D eigenvalue weighted by Crippen LogP contribution is -2.36. The third kappa shape index (κ3) is 7.12. The predicted molar refractivity (Wildman–Crippen MR) is 165 cm³/mol. The fraction of sp³-hybridized carbons (Fsp3) is 0.457. The van der Waals surface area contributed by atoms with E-state index in [1.165, 1.54) is 0 Å². The van der Waals surface area contributed by atoms with Crippen LogP contribution in [0.4, 0.5) is 5.82 Å². The highest BCUT2D eigenvalue weighted by atomic mass is 16.5. The molecule has 0 amide bonds. The molecule has 4 rings (SSSR count). The molecule has 0 spiro atoms. The maximum absolute atomic E-state index is 13.7. The highest BCUT2D eigenvalue weighted by Crippen LogP contribution is 2.45. The highest BCUT2D eigenvalue weighted by Gasteiger charge is 2.42. The standard InChI is InChI=1S/C35H44N2O5/c1-7-8-19-42-34(40)32-27(16-17-29(36-32)37(23(2)3)22-24-12-10-9-11-13-24)30(31(33(38)39)35(4,5)6)26-15-14-25-18-20-41-28(25)21-26/h9-17,21,23,30-31H,7-8,18-20,22H2,1-6H3,(H,38,39)/t30?,31-/m1/s1. The van der Waals surface area contributed by atoms with Crippen LogP contribution >= 0.6 is 0 Å². The van der Waals surface area contributed by atoms with Crippen LogP contribution in [0, 0.1) is 11.3 Å². The van der Waals surface area contributed by atoms with Gasteiger partial charge in [-0.25, -0.2) is 9.78 Å². The second kappa shape index (κ2) is 13.4. The molecule has 7 heteroatoms. The van der Waals surface area contributed by atoms with Gasteiger partial charge in [0.2, 0.25) is 0 Å². The van der Waals surface area contributed by atoms with Crippen molar-refractivity contribution in [2.24, 2.45) is 11.3 Å². The van der Waals surface area contributed by atoms with Crippen molar-refractivity contribution in [2.45, 2.75) is 79.3 Å². The number of hydrogen-bond donors (Lipinski definition) is 1. The lowest BCUT2D eigenvalue weighted by atomic mass is 9.68. The summed E-state index contributed by atoms with van der Waals surface area (Å²) in [7, 11) is 0. The summed E-state index contributed by atoms with van der Waals surface area (Å²) in [4.78, 5) is 33.8. The van der Waals surface area contributed by atoms with Crippen molar-refractivity contribution in [3.05, 3.63) is 88.6 Å². The van der Waals surface area contributed by atoms with Crippen molar-refractivity contribution >= 4 is 17.8 Å². The molecule has 0 saturated heterocycles. The van der Waals surface area contributed by atoms with Gasteiger partial charge in [-0.2, -0.15) is 0 Å². The molecule has 1 aliphatic rings. The Morgan fingerprint density at radius 3 is 2.45 bits per heavy atom. The minimum Gasteiger partial charge on any atom is -0.493 e. The Labute approximate surface area is 249 Å². The zero-order chi connectivity index (χ0) is 30.4. The summed E-state index contributed by atoms with van der Waals surface area (Å²) in [5.74, 6) is -1.58. The van der Waals surface area contributed by atoms with Gasteiger partial charge in [-0.1, -0.05) is 82.6 Å². The number of nitrogens with zero attached hydrogens (tertiary/aromatic N) is 2. The van der Waals surface area contributed by atoms with Gasteiger partial charge in [-0.15, -0.1) is 0 Å². The normalized spacial score (nSPS) is 14.2. The van der Waals surface area contributed by atoms with Crippen LogP contribution in [0.25, 0.3) is 0 Å². The SMILES string of the molecule is CCCCOC(=O)c1nc(N(Cc2ccccc2)C(C)C)ccc1C(c1ccc2c(c1)OCC2)[C@H](C(=O)O)C(C)(C)C. The van der Waals surface area contributed by atoms with E-state index in [0.29, 0.717) is 24.5 Å². The monoisotopic (exact) mass is 572 g/mol. The molecule has 2 atom stereocenters. The number of aliphatic carboxylic acids is 1. The summed E-state index contributed by atoms with van der Waals surface area (Å²) >= 11 is 0. The predicted octanol–water partition coefficient (Wildman–Crippen LogP) is 7.27. The fourth-order valence-electron chi connectivity index (χ4n) is 5.66. The topological polar surface area (TPSA) is 89.0 Å². The highest BCUT2D eigenvalue weighted by molar-refractivity contribution is 5.90. The van der Waals surface area contributed by atoms with Gasteiger partial charge in [0.25, 0.3) is 0 Å². The second-order valence-electron chi connectivity index (χ2n) is 12.4. The molecule has 7 nitrogen and oxygen atoms in total. The summed E-state index contributed by atoms with van der Waals surface area (Å²) in [6, 6.07) is 19.9. The number of anilines is 1. The van der Waals surface area contributed by atoms with E-state index in [-0.39, 0.29) is 18.3 Å². The minimum absolute atomic E-state index is 0.0958. The number of fused-ring (bicyclic) bond motifs is 1. The first-order chi connectivity index (χ1) is 20.0. The molecular formula is C35H44N2O5. The van der Waals surface area contributed by atoms with E-state index in [1.54, 1.807) is 0 Å². The quantitative estimate of drug-likeness (QED) is 0.180. The molecule has 42 heavy (non-hydrogen) atoms. The van der Waals surface area contributed by atoms with E-state index < -0.39 is 29.2 Å². The van der Waals surface area contributed by atoms with E-state index >= 15 is 0 Å². The minimum atomic E-state index is -0.934. The van der Waals surface area contributed by atoms with Crippen LogP contribution in [-0.4, -0.2) is 41.3 Å². The molecule has 1 unspecified atom stereocenters. The number of aromatic nitrogens is 1. The molecule has 1 aromatic heterocycles. The first-order valence-electron chi connectivity index (χ1n) is 15.0. The molecule has 1 N–H and O–H groups in total. The summed E-state index contributed by atoms with van der Waals surface area (Å²) < 4.78 is 11.6. The summed E-state index contributed by atoms with van der Waals surface area (Å²) in [6.45, 7) is 13.5. The number of pyridine rings is 1. The van der Waals surface area contributed by atoms with Crippen molar-refractivity contribution in [1.29, 1.82) is 0 Å². The molecule has 0 radical (unpaired) electrons. The molecule has 0 saturated carbocycles. The van der Waals surface area contributed by atoms with E-state index in [9.17, 15) is 14.7 Å². The van der Waals surface area contributed by atoms with Gasteiger partial charge in [0, 0.05) is 24.9 Å². The van der Waals surface area contributed by atoms with Crippen LogP contribution in [0.5, 0.6) is 5.75 Å². The smallest absolute Gasteiger partial charge is 0.357 e. The van der Waals surface area contributed by atoms with Crippen LogP contribution in [-0.2, 0) is 22.5 Å². The molecular weight excluding hydrogens is 528 g/mol. The zero-order valence-corrected chi connectivity index (χ0v) is 25.7. The van der Waals surface area contributed by atoms with E-state index in [0.717, 1.165) is 41.7 Å². The van der Waals surface area contributed by atoms with Gasteiger partial charge in [-0.3, -0.25) is 4.79 Å². The molecule has 3 aromatic rings. The van der Waals surface area contributed by atoms with Gasteiger partial charge in [0.05, 0.1) is 19.1 Å². The average molecular weight is 573 g/mol. The molecule has 1 aliphatic heterocycles. The number of carboxylic acids is 1. The van der Waals surface area contributed by atoms with Crippen molar-refractivity contribution in [2.75, 3.05) is 18.1 Å². The molecule has 2 heterocycles. The van der Waals surface area contributed by atoms with Gasteiger partial charge >= 0.3 is 11.9 Å². The van der Waals surface area contributed by atoms with Crippen LogP contribution in [0.1, 0.15) is 93.0 Å². The Balaban J connectivity index is 1.89. The van der Waals surface area contributed by atoms with Gasteiger partial charge in [-0.05, 0) is 60.1 Å². The first-order valence-corrected chi connectivity index (χ1v) is 15.0. The Morgan fingerprint density at radius 2 is 1.81 bits per heavy atom. The van der Waals surface area contributed by atoms with Crippen LogP contribution in [0.15, 0.2) is 60.7 Å². The van der Waals surface area contributed by atoms with Crippen molar-refractivity contribution in [3.63, 3.8) is 0 Å². The lowest BCUT2D eigenvalue weighted by molar-refractivity contribution is -0.146. The molecule has 224 valence electrons. The third-order valence-electron chi connectivity index (χ3n) is 7.90. The van der Waals surface area contributed by atoms with E-state index in [1.807, 2.05) is 76.2 Å². The summed E-state index contributed by atoms with van der Waals surface area (Å²) in [6.07, 6.45) is 2.44. The number of carbonyl (C=O) groups is 2. The maximum atomic E-state index is 13.7. The van der Waals surface area contributed by atoms with Gasteiger partial charge in [0.15, 0.2) is 5.69 Å². The van der Waals surface area contributed by atoms with Gasteiger partial charge in [0.1, 0.15) is 11.6 Å². The molecule has 0 bridgehead atoms. The molecule has 0 aliphatic carbocycles. The van der Waals surface area contributed by atoms with Crippen LogP contribution in [0.3, 0.4) is 0 Å². The Morgan fingerprint density at radius 1 is 1.07 bits per heavy atom. The second-order valence-corrected chi connectivity index (χ2v) is 12.4. The van der Waals surface area contributed by atoms with E-state index in [4.69, 9.17) is 14.5 Å². The number of esters is 1. The zero-order valence-electron chi connectivity index (χ0n) is 25.7. The van der Waals surface area contributed by atoms with Crippen molar-refractivity contribution < 1.29 is 24.2 Å². The third-order valence-corrected chi connectivity index (χ3v) is 7.90. The number of rotatable bonds is 12. The van der Waals surface area contributed by atoms with Gasteiger partial charge < -0.3 is 19.5 Å². The number of ether oxygens (including phenoxy) is 2. The number of unbranched alkanes of at least 4 members (excludes halogenated alkanes) is 1. The number of hydrogen-bond acceptors (Lipinski definition) is 6. The Bertz CT molecular complexity index is 1380. The Kier molecular flexibility index (Phi) is 9.92. The maximum Gasteiger partial charge on any atom is 0.357 e. The van der Waals surface area contributed by atoms with E-state index in [2.05, 4.69) is 30.9 Å². The number of benzene rings is 2. The number of carbonyl (C=O) groups excluding carboxylic acids is 1. The van der Waals surface area contributed by atoms with Crippen molar-refractivity contribution in [3.8, 4) is 5.75 Å². The van der Waals surface area contributed by atoms with Crippen LogP contribution < -0.4 is 9.64 Å². The number of carboxylic acid groups (broad SMARTS) is 1. The first kappa shape index (κ1) is 31.1. The molecule has 0 fully saturated rings. The fourth-order valence-corrected chi connectivity index (χ4v) is 5.66.